The van der Waals surface area contributed by atoms with Crippen molar-refractivity contribution >= 4 is 43.7 Å². The molecule has 5 nitrogen and oxygen atoms in total. The first-order valence-electron chi connectivity index (χ1n) is 18.8. The van der Waals surface area contributed by atoms with Crippen LogP contribution >= 0.6 is 0 Å². The molecule has 8 aromatic carbocycles. The highest BCUT2D eigenvalue weighted by molar-refractivity contribution is 6.21. The van der Waals surface area contributed by atoms with Gasteiger partial charge in [-0.1, -0.05) is 170 Å². The van der Waals surface area contributed by atoms with Crippen LogP contribution in [0.1, 0.15) is 0 Å². The Bertz CT molecular complexity index is 3220. The van der Waals surface area contributed by atoms with E-state index in [9.17, 15) is 0 Å². The lowest BCUT2D eigenvalue weighted by Crippen LogP contribution is -2.06. The van der Waals surface area contributed by atoms with Crippen molar-refractivity contribution in [1.29, 1.82) is 0 Å². The van der Waals surface area contributed by atoms with E-state index in [1.807, 2.05) is 54.6 Å². The number of nitrogens with zero attached hydrogens (tertiary/aromatic N) is 4. The Hall–Kier alpha value is -7.63. The zero-order chi connectivity index (χ0) is 37.0. The molecular weight excluding hydrogens is 685 g/mol. The molecule has 0 amide bonds. The number of hydrogen-bond donors (Lipinski definition) is 0. The Balaban J connectivity index is 1.03. The molecule has 0 fully saturated rings. The van der Waals surface area contributed by atoms with Crippen LogP contribution in [0.2, 0.25) is 0 Å². The van der Waals surface area contributed by atoms with E-state index in [1.54, 1.807) is 0 Å². The van der Waals surface area contributed by atoms with Gasteiger partial charge in [0, 0.05) is 32.7 Å². The van der Waals surface area contributed by atoms with Gasteiger partial charge in [0.25, 0.3) is 0 Å². The van der Waals surface area contributed by atoms with Crippen molar-refractivity contribution in [1.82, 2.24) is 19.5 Å². The summed E-state index contributed by atoms with van der Waals surface area (Å²) in [5.74, 6) is 1.72. The zero-order valence-electron chi connectivity index (χ0n) is 30.2. The van der Waals surface area contributed by atoms with E-state index in [-0.39, 0.29) is 0 Å². The molecule has 0 saturated carbocycles. The van der Waals surface area contributed by atoms with Crippen LogP contribution in [0.3, 0.4) is 0 Å². The minimum atomic E-state index is 0.531. The van der Waals surface area contributed by atoms with Gasteiger partial charge in [-0.25, -0.2) is 4.98 Å². The lowest BCUT2D eigenvalue weighted by Gasteiger charge is -2.11. The molecule has 0 bridgehead atoms. The molecule has 262 valence electrons. The van der Waals surface area contributed by atoms with Crippen LogP contribution in [0.25, 0.3) is 106 Å². The Morgan fingerprint density at radius 2 is 0.821 bits per heavy atom. The van der Waals surface area contributed by atoms with Gasteiger partial charge in [-0.3, -0.25) is 4.57 Å². The summed E-state index contributed by atoms with van der Waals surface area (Å²) in [4.78, 5) is 15.4. The first-order chi connectivity index (χ1) is 27.7. The predicted molar refractivity (Wildman–Crippen MR) is 229 cm³/mol. The smallest absolute Gasteiger partial charge is 0.238 e. The van der Waals surface area contributed by atoms with E-state index in [0.29, 0.717) is 17.6 Å². The van der Waals surface area contributed by atoms with Crippen LogP contribution in [0, 0.1) is 0 Å². The van der Waals surface area contributed by atoms with E-state index in [0.717, 1.165) is 66.0 Å². The quantitative estimate of drug-likeness (QED) is 0.172. The number of para-hydroxylation sites is 2. The average molecular weight is 717 g/mol. The van der Waals surface area contributed by atoms with E-state index in [4.69, 9.17) is 19.4 Å². The largest absolute Gasteiger partial charge is 0.454 e. The molecule has 56 heavy (non-hydrogen) atoms. The minimum absolute atomic E-state index is 0.531. The molecule has 0 aliphatic heterocycles. The summed E-state index contributed by atoms with van der Waals surface area (Å²) < 4.78 is 8.75. The van der Waals surface area contributed by atoms with E-state index >= 15 is 0 Å². The standard InChI is InChI=1S/C51H32N4O/c1-3-12-33(13-4-1)34-22-24-35(25-23-34)39-16-11-17-40(32-39)36-26-28-38(29-27-36)50-52-49(37-14-5-2-6-15-37)53-51(54-50)55-45-20-9-7-18-41(45)43-30-31-44-42-19-8-10-21-46(42)56-48(44)47(43)55/h1-32H. The second-order valence-corrected chi connectivity index (χ2v) is 14.0. The molecule has 0 aliphatic carbocycles. The van der Waals surface area contributed by atoms with Gasteiger partial charge in [0.15, 0.2) is 17.2 Å². The molecular formula is C51H32N4O. The van der Waals surface area contributed by atoms with Crippen molar-refractivity contribution in [3.8, 4) is 62.1 Å². The Morgan fingerprint density at radius 1 is 0.339 bits per heavy atom. The summed E-state index contributed by atoms with van der Waals surface area (Å²) in [5, 5.41) is 4.31. The summed E-state index contributed by atoms with van der Waals surface area (Å²) in [6.07, 6.45) is 0. The molecule has 0 spiro atoms. The number of hydrogen-bond acceptors (Lipinski definition) is 4. The molecule has 5 heteroatoms. The average Bonchev–Trinajstić information content (AvgIpc) is 3.83. The lowest BCUT2D eigenvalue weighted by molar-refractivity contribution is 0.670. The molecule has 3 heterocycles. The Labute approximate surface area is 322 Å². The third-order valence-corrected chi connectivity index (χ3v) is 10.7. The highest BCUT2D eigenvalue weighted by Crippen LogP contribution is 2.40. The third-order valence-electron chi connectivity index (χ3n) is 10.7. The molecule has 11 rings (SSSR count). The first kappa shape index (κ1) is 31.9. The molecule has 11 aromatic rings. The van der Waals surface area contributed by atoms with Crippen LogP contribution in [-0.2, 0) is 0 Å². The predicted octanol–water partition coefficient (Wildman–Crippen LogP) is 13.2. The van der Waals surface area contributed by atoms with Crippen molar-refractivity contribution in [3.05, 3.63) is 194 Å². The fraction of sp³-hybridized carbons (Fsp3) is 0. The number of rotatable bonds is 6. The second-order valence-electron chi connectivity index (χ2n) is 14.0. The SMILES string of the molecule is c1ccc(-c2ccc(-c3cccc(-c4ccc(-c5nc(-c6ccccc6)nc(-n6c7ccccc7c7ccc8c9ccccc9oc8c76)n5)cc4)c3)cc2)cc1. The van der Waals surface area contributed by atoms with Gasteiger partial charge < -0.3 is 4.42 Å². The topological polar surface area (TPSA) is 56.7 Å². The van der Waals surface area contributed by atoms with Crippen LogP contribution in [0.4, 0.5) is 0 Å². The summed E-state index contributed by atoms with van der Waals surface area (Å²) in [6.45, 7) is 0. The lowest BCUT2D eigenvalue weighted by atomic mass is 9.97. The monoisotopic (exact) mass is 716 g/mol. The maximum Gasteiger partial charge on any atom is 0.238 e. The fourth-order valence-electron chi connectivity index (χ4n) is 7.92. The molecule has 0 aliphatic rings. The highest BCUT2D eigenvalue weighted by atomic mass is 16.3. The molecule has 3 aromatic heterocycles. The van der Waals surface area contributed by atoms with Crippen LogP contribution in [0.5, 0.6) is 0 Å². The van der Waals surface area contributed by atoms with Crippen molar-refractivity contribution in [3.63, 3.8) is 0 Å². The maximum atomic E-state index is 6.61. The fourth-order valence-corrected chi connectivity index (χ4v) is 7.92. The Morgan fingerprint density at radius 3 is 1.50 bits per heavy atom. The number of furan rings is 1. The van der Waals surface area contributed by atoms with Crippen LogP contribution < -0.4 is 0 Å². The van der Waals surface area contributed by atoms with Gasteiger partial charge in [-0.2, -0.15) is 9.97 Å². The third kappa shape index (κ3) is 5.37. The molecule has 0 unspecified atom stereocenters. The summed E-state index contributed by atoms with van der Waals surface area (Å²) >= 11 is 0. The summed E-state index contributed by atoms with van der Waals surface area (Å²) in [7, 11) is 0. The first-order valence-corrected chi connectivity index (χ1v) is 18.8. The van der Waals surface area contributed by atoms with Gasteiger partial charge in [0.1, 0.15) is 11.1 Å². The van der Waals surface area contributed by atoms with Crippen molar-refractivity contribution in [2.45, 2.75) is 0 Å². The van der Waals surface area contributed by atoms with Crippen molar-refractivity contribution in [2.24, 2.45) is 0 Å². The Kier molecular flexibility index (Phi) is 7.42. The molecule has 0 N–H and O–H groups in total. The molecule has 0 saturated heterocycles. The van der Waals surface area contributed by atoms with Crippen molar-refractivity contribution in [2.75, 3.05) is 0 Å². The van der Waals surface area contributed by atoms with Gasteiger partial charge in [-0.15, -0.1) is 0 Å². The van der Waals surface area contributed by atoms with E-state index < -0.39 is 0 Å². The number of aromatic nitrogens is 4. The van der Waals surface area contributed by atoms with Gasteiger partial charge in [-0.05, 0) is 57.6 Å². The maximum absolute atomic E-state index is 6.61. The zero-order valence-corrected chi connectivity index (χ0v) is 30.2. The molecule has 0 radical (unpaired) electrons. The number of fused-ring (bicyclic) bond motifs is 7. The van der Waals surface area contributed by atoms with Gasteiger partial charge in [0.2, 0.25) is 5.95 Å². The van der Waals surface area contributed by atoms with Crippen LogP contribution in [0.15, 0.2) is 199 Å². The molecule has 0 atom stereocenters. The summed E-state index contributed by atoms with van der Waals surface area (Å²) in [6, 6.07) is 67.5. The van der Waals surface area contributed by atoms with E-state index in [2.05, 4.69) is 144 Å². The van der Waals surface area contributed by atoms with Gasteiger partial charge >= 0.3 is 0 Å². The number of benzene rings is 8. The van der Waals surface area contributed by atoms with Gasteiger partial charge in [0.05, 0.1) is 5.52 Å². The minimum Gasteiger partial charge on any atom is -0.454 e. The normalized spacial score (nSPS) is 11.6. The van der Waals surface area contributed by atoms with Crippen LogP contribution in [-0.4, -0.2) is 19.5 Å². The highest BCUT2D eigenvalue weighted by Gasteiger charge is 2.22. The second kappa shape index (κ2) is 13.0. The summed E-state index contributed by atoms with van der Waals surface area (Å²) in [5.41, 5.74) is 12.4. The van der Waals surface area contributed by atoms with Crippen molar-refractivity contribution < 1.29 is 4.42 Å². The van der Waals surface area contributed by atoms with E-state index in [1.165, 1.54) is 22.3 Å².